The zero-order chi connectivity index (χ0) is 11.6. The molecule has 0 atom stereocenters. The van der Waals surface area contributed by atoms with E-state index in [9.17, 15) is 22.9 Å². The first-order valence-electron chi connectivity index (χ1n) is 3.62. The first kappa shape index (κ1) is 11.9. The Bertz CT molecular complexity index is 502. The van der Waals surface area contributed by atoms with Crippen LogP contribution in [0.4, 0.5) is 4.39 Å². The predicted octanol–water partition coefficient (Wildman–Crippen LogP) is 1.49. The molecule has 1 rings (SSSR count). The van der Waals surface area contributed by atoms with Crippen LogP contribution >= 0.6 is 11.6 Å². The van der Waals surface area contributed by atoms with Crippen molar-refractivity contribution in [3.8, 4) is 0 Å². The first-order chi connectivity index (χ1) is 6.83. The summed E-state index contributed by atoms with van der Waals surface area (Å²) < 4.78 is 35.3. The average molecular weight is 254 g/mol. The summed E-state index contributed by atoms with van der Waals surface area (Å²) in [6.07, 6.45) is 0. The van der Waals surface area contributed by atoms with Crippen molar-refractivity contribution in [1.29, 1.82) is 0 Å². The lowest BCUT2D eigenvalue weighted by Gasteiger charge is -2.00. The molecule has 0 heterocycles. The Kier molecular flexibility index (Phi) is 3.25. The van der Waals surface area contributed by atoms with E-state index in [4.69, 9.17) is 11.6 Å². The molecule has 5 nitrogen and oxygen atoms in total. The third kappa shape index (κ3) is 2.87. The highest BCUT2D eigenvalue weighted by molar-refractivity contribution is 7.91. The Hall–Kier alpha value is -1.21. The maximum atomic E-state index is 12.7. The summed E-state index contributed by atoms with van der Waals surface area (Å²) in [4.78, 5) is 8.71. The van der Waals surface area contributed by atoms with Gasteiger partial charge in [-0.05, 0) is 18.2 Å². The van der Waals surface area contributed by atoms with Crippen LogP contribution in [0.5, 0.6) is 0 Å². The molecule has 0 unspecified atom stereocenters. The molecule has 0 radical (unpaired) electrons. The van der Waals surface area contributed by atoms with Gasteiger partial charge in [-0.25, -0.2) is 12.8 Å². The Morgan fingerprint density at radius 2 is 2.07 bits per heavy atom. The molecule has 1 aromatic carbocycles. The molecular formula is C7H5ClFNO4S. The van der Waals surface area contributed by atoms with Crippen LogP contribution in [0, 0.1) is 15.9 Å². The van der Waals surface area contributed by atoms with Crippen LogP contribution in [0.1, 0.15) is 0 Å². The number of nitro groups is 1. The van der Waals surface area contributed by atoms with Gasteiger partial charge in [-0.15, -0.1) is 0 Å². The van der Waals surface area contributed by atoms with Gasteiger partial charge in [0.2, 0.25) is 9.84 Å². The van der Waals surface area contributed by atoms with Gasteiger partial charge < -0.3 is 0 Å². The molecule has 15 heavy (non-hydrogen) atoms. The fourth-order valence-corrected chi connectivity index (χ4v) is 2.13. The number of rotatable bonds is 3. The summed E-state index contributed by atoms with van der Waals surface area (Å²) in [6.45, 7) is 0. The van der Waals surface area contributed by atoms with Crippen LogP contribution in [0.3, 0.4) is 0 Å². The van der Waals surface area contributed by atoms with Gasteiger partial charge in [-0.2, -0.15) is 0 Å². The van der Waals surface area contributed by atoms with Crippen molar-refractivity contribution in [3.05, 3.63) is 39.2 Å². The smallest absolute Gasteiger partial charge is 0.263 e. The molecule has 0 saturated carbocycles. The van der Waals surface area contributed by atoms with E-state index < -0.39 is 26.5 Å². The molecule has 0 amide bonds. The molecule has 0 bridgehead atoms. The monoisotopic (exact) mass is 253 g/mol. The largest absolute Gasteiger partial charge is 0.305 e. The highest BCUT2D eigenvalue weighted by Gasteiger charge is 2.21. The number of benzene rings is 1. The Labute approximate surface area is 89.5 Å². The van der Waals surface area contributed by atoms with Gasteiger partial charge in [0.15, 0.2) is 0 Å². The Morgan fingerprint density at radius 1 is 1.47 bits per heavy atom. The van der Waals surface area contributed by atoms with Crippen LogP contribution in [0.2, 0.25) is 5.02 Å². The topological polar surface area (TPSA) is 77.3 Å². The molecule has 0 N–H and O–H groups in total. The number of hydrogen-bond donors (Lipinski definition) is 0. The second kappa shape index (κ2) is 4.11. The van der Waals surface area contributed by atoms with E-state index >= 15 is 0 Å². The lowest BCUT2D eigenvalue weighted by molar-refractivity contribution is -0.458. The highest BCUT2D eigenvalue weighted by atomic mass is 35.5. The van der Waals surface area contributed by atoms with Gasteiger partial charge in [0, 0.05) is 4.92 Å². The number of nitrogens with zero attached hydrogens (tertiary/aromatic N) is 1. The van der Waals surface area contributed by atoms with E-state index in [1.54, 1.807) is 0 Å². The highest BCUT2D eigenvalue weighted by Crippen LogP contribution is 2.20. The summed E-state index contributed by atoms with van der Waals surface area (Å²) in [6, 6.07) is 2.62. The zero-order valence-electron chi connectivity index (χ0n) is 7.18. The minimum absolute atomic E-state index is 0.370. The second-order valence-corrected chi connectivity index (χ2v) is 5.02. The Morgan fingerprint density at radius 3 is 2.53 bits per heavy atom. The summed E-state index contributed by atoms with van der Waals surface area (Å²) in [5.41, 5.74) is 0. The van der Waals surface area contributed by atoms with Gasteiger partial charge in [-0.1, -0.05) is 11.6 Å². The zero-order valence-corrected chi connectivity index (χ0v) is 8.76. The van der Waals surface area contributed by atoms with Crippen LogP contribution in [0.15, 0.2) is 23.1 Å². The fraction of sp³-hybridized carbons (Fsp3) is 0.143. The van der Waals surface area contributed by atoms with Crippen molar-refractivity contribution < 1.29 is 17.7 Å². The number of halogens is 2. The molecule has 1 aromatic rings. The van der Waals surface area contributed by atoms with Crippen LogP contribution < -0.4 is 0 Å². The van der Waals surface area contributed by atoms with Crippen LogP contribution in [-0.4, -0.2) is 19.2 Å². The lowest BCUT2D eigenvalue weighted by Crippen LogP contribution is -2.14. The van der Waals surface area contributed by atoms with E-state index in [1.807, 2.05) is 0 Å². The summed E-state index contributed by atoms with van der Waals surface area (Å²) in [5, 5.41) is 9.67. The summed E-state index contributed by atoms with van der Waals surface area (Å²) in [5.74, 6) is -2.02. The van der Waals surface area contributed by atoms with Crippen molar-refractivity contribution in [2.75, 3.05) is 5.88 Å². The quantitative estimate of drug-likeness (QED) is 0.464. The fourth-order valence-electron chi connectivity index (χ4n) is 0.884. The third-order valence-electron chi connectivity index (χ3n) is 1.53. The van der Waals surface area contributed by atoms with Crippen molar-refractivity contribution in [3.63, 3.8) is 0 Å². The van der Waals surface area contributed by atoms with Gasteiger partial charge in [0.25, 0.3) is 0 Å². The van der Waals surface area contributed by atoms with Crippen molar-refractivity contribution in [2.24, 2.45) is 0 Å². The Balaban J connectivity index is 3.17. The summed E-state index contributed by atoms with van der Waals surface area (Å²) in [7, 11) is -4.05. The molecule has 0 aliphatic heterocycles. The molecule has 0 aromatic heterocycles. The van der Waals surface area contributed by atoms with Gasteiger partial charge >= 0.3 is 5.88 Å². The first-order valence-corrected chi connectivity index (χ1v) is 5.65. The van der Waals surface area contributed by atoms with Crippen LogP contribution in [0.25, 0.3) is 0 Å². The van der Waals surface area contributed by atoms with Gasteiger partial charge in [0.1, 0.15) is 5.82 Å². The number of sulfone groups is 1. The van der Waals surface area contributed by atoms with Crippen LogP contribution in [-0.2, 0) is 9.84 Å². The van der Waals surface area contributed by atoms with E-state index in [2.05, 4.69) is 0 Å². The molecule has 0 aliphatic rings. The van der Waals surface area contributed by atoms with E-state index in [1.165, 1.54) is 0 Å². The van der Waals surface area contributed by atoms with E-state index in [0.717, 1.165) is 18.2 Å². The van der Waals surface area contributed by atoms with E-state index in [0.29, 0.717) is 0 Å². The average Bonchev–Trinajstić information content (AvgIpc) is 2.07. The SMILES string of the molecule is O=[N+]([O-])CS(=O)(=O)c1ccc(F)c(Cl)c1. The normalized spacial score (nSPS) is 11.3. The molecule has 0 saturated heterocycles. The second-order valence-electron chi connectivity index (χ2n) is 2.65. The number of hydrogen-bond acceptors (Lipinski definition) is 4. The standard InChI is InChI=1S/C7H5ClFNO4S/c8-6-3-5(1-2-7(6)9)15(13,14)4-10(11)12/h1-3H,4H2. The van der Waals surface area contributed by atoms with Gasteiger partial charge in [-0.3, -0.25) is 10.1 Å². The molecule has 0 spiro atoms. The third-order valence-corrected chi connectivity index (χ3v) is 3.34. The van der Waals surface area contributed by atoms with Gasteiger partial charge in [0.05, 0.1) is 9.92 Å². The molecule has 0 aliphatic carbocycles. The van der Waals surface area contributed by atoms with E-state index in [-0.39, 0.29) is 9.92 Å². The predicted molar refractivity (Wildman–Crippen MR) is 50.5 cm³/mol. The molecule has 82 valence electrons. The van der Waals surface area contributed by atoms with Crippen molar-refractivity contribution in [1.82, 2.24) is 0 Å². The molecular weight excluding hydrogens is 249 g/mol. The summed E-state index contributed by atoms with van der Waals surface area (Å²) >= 11 is 5.35. The maximum Gasteiger partial charge on any atom is 0.305 e. The molecule has 8 heteroatoms. The van der Waals surface area contributed by atoms with Crippen molar-refractivity contribution >= 4 is 21.4 Å². The lowest BCUT2D eigenvalue weighted by atomic mass is 10.3. The minimum atomic E-state index is -4.05. The maximum absolute atomic E-state index is 12.7. The molecule has 0 fully saturated rings. The van der Waals surface area contributed by atoms with Crippen molar-refractivity contribution in [2.45, 2.75) is 4.90 Å². The minimum Gasteiger partial charge on any atom is -0.263 e.